The van der Waals surface area contributed by atoms with Crippen LogP contribution in [0.1, 0.15) is 12.8 Å². The number of nitrogens with zero attached hydrogens (tertiary/aromatic N) is 5. The summed E-state index contributed by atoms with van der Waals surface area (Å²) in [5.41, 5.74) is 2.95. The Morgan fingerprint density at radius 1 is 1.05 bits per heavy atom. The Kier molecular flexibility index (Phi) is 2.96. The molecule has 0 amide bonds. The van der Waals surface area contributed by atoms with Crippen LogP contribution in [-0.2, 0) is 0 Å². The quantitative estimate of drug-likeness (QED) is 0.788. The van der Waals surface area contributed by atoms with Crippen molar-refractivity contribution in [2.75, 3.05) is 18.0 Å². The zero-order valence-electron chi connectivity index (χ0n) is 11.3. The smallest absolute Gasteiger partial charge is 0.200 e. The summed E-state index contributed by atoms with van der Waals surface area (Å²) in [6.07, 6.45) is 7.41. The summed E-state index contributed by atoms with van der Waals surface area (Å²) < 4.78 is 0. The third-order valence-electron chi connectivity index (χ3n) is 3.74. The molecule has 21 heavy (non-hydrogen) atoms. The minimum Gasteiger partial charge on any atom is -0.355 e. The summed E-state index contributed by atoms with van der Waals surface area (Å²) in [4.78, 5) is 15.2. The van der Waals surface area contributed by atoms with Crippen molar-refractivity contribution in [3.05, 3.63) is 29.7 Å². The molecule has 0 aliphatic carbocycles. The van der Waals surface area contributed by atoms with Crippen molar-refractivity contribution >= 4 is 28.6 Å². The number of pyridine rings is 1. The van der Waals surface area contributed by atoms with Crippen molar-refractivity contribution < 1.29 is 0 Å². The summed E-state index contributed by atoms with van der Waals surface area (Å²) >= 11 is 6.58. The molecule has 1 fully saturated rings. The summed E-state index contributed by atoms with van der Waals surface area (Å²) in [5, 5.41) is 7.79. The molecule has 1 N–H and O–H groups in total. The second-order valence-corrected chi connectivity index (χ2v) is 5.40. The standard InChI is InChI=1S/C14H13ClN6/c15-10-9(3-4-18-14(10)21-7-1-2-8-21)11-12-13(20-19-11)17-6-5-16-12/h3-6H,1-2,7-8H2,(H,17,19,20). The maximum Gasteiger partial charge on any atom is 0.200 e. The number of aromatic amines is 1. The van der Waals surface area contributed by atoms with E-state index in [0.717, 1.165) is 35.7 Å². The van der Waals surface area contributed by atoms with E-state index in [4.69, 9.17) is 11.6 Å². The van der Waals surface area contributed by atoms with Gasteiger partial charge in [-0.1, -0.05) is 11.6 Å². The number of halogens is 1. The number of anilines is 1. The number of H-pyrrole nitrogens is 1. The van der Waals surface area contributed by atoms with Crippen LogP contribution in [0.4, 0.5) is 5.82 Å². The van der Waals surface area contributed by atoms with Crippen LogP contribution >= 0.6 is 11.6 Å². The van der Waals surface area contributed by atoms with Gasteiger partial charge in [-0.2, -0.15) is 5.10 Å². The minimum absolute atomic E-state index is 0.586. The molecular formula is C14H13ClN6. The molecule has 0 radical (unpaired) electrons. The molecule has 0 atom stereocenters. The van der Waals surface area contributed by atoms with E-state index >= 15 is 0 Å². The number of rotatable bonds is 2. The van der Waals surface area contributed by atoms with Crippen molar-refractivity contribution in [3.8, 4) is 11.3 Å². The number of hydrogen-bond donors (Lipinski definition) is 1. The first kappa shape index (κ1) is 12.5. The van der Waals surface area contributed by atoms with Crippen LogP contribution in [-0.4, -0.2) is 38.2 Å². The van der Waals surface area contributed by atoms with Gasteiger partial charge < -0.3 is 4.90 Å². The van der Waals surface area contributed by atoms with E-state index in [-0.39, 0.29) is 0 Å². The minimum atomic E-state index is 0.586. The highest BCUT2D eigenvalue weighted by Crippen LogP contribution is 2.36. The van der Waals surface area contributed by atoms with Gasteiger partial charge in [0.1, 0.15) is 11.3 Å². The number of aromatic nitrogens is 5. The van der Waals surface area contributed by atoms with Gasteiger partial charge in [0.2, 0.25) is 0 Å². The van der Waals surface area contributed by atoms with Crippen molar-refractivity contribution in [1.29, 1.82) is 0 Å². The van der Waals surface area contributed by atoms with E-state index in [1.165, 1.54) is 12.8 Å². The van der Waals surface area contributed by atoms with Crippen molar-refractivity contribution in [3.63, 3.8) is 0 Å². The van der Waals surface area contributed by atoms with Crippen molar-refractivity contribution in [2.45, 2.75) is 12.8 Å². The summed E-state index contributed by atoms with van der Waals surface area (Å²) in [5.74, 6) is 0.832. The Labute approximate surface area is 126 Å². The van der Waals surface area contributed by atoms with Gasteiger partial charge in [-0.15, -0.1) is 0 Å². The summed E-state index contributed by atoms with van der Waals surface area (Å²) in [6.45, 7) is 2.00. The molecule has 1 aliphatic heterocycles. The first-order valence-corrected chi connectivity index (χ1v) is 7.27. The van der Waals surface area contributed by atoms with Crippen molar-refractivity contribution in [2.24, 2.45) is 0 Å². The Morgan fingerprint density at radius 3 is 2.71 bits per heavy atom. The molecule has 3 aromatic heterocycles. The molecule has 7 heteroatoms. The van der Waals surface area contributed by atoms with Crippen LogP contribution in [0.15, 0.2) is 24.7 Å². The zero-order chi connectivity index (χ0) is 14.2. The summed E-state index contributed by atoms with van der Waals surface area (Å²) in [6, 6.07) is 1.88. The molecule has 0 saturated carbocycles. The molecule has 3 aromatic rings. The Hall–Kier alpha value is -2.21. The van der Waals surface area contributed by atoms with Crippen LogP contribution < -0.4 is 4.90 Å². The van der Waals surface area contributed by atoms with Gasteiger partial charge >= 0.3 is 0 Å². The third kappa shape index (κ3) is 2.03. The first-order valence-electron chi connectivity index (χ1n) is 6.89. The molecule has 0 unspecified atom stereocenters. The molecule has 1 aliphatic rings. The van der Waals surface area contributed by atoms with Gasteiger partial charge in [0.25, 0.3) is 0 Å². The molecule has 0 aromatic carbocycles. The second kappa shape index (κ2) is 4.96. The lowest BCUT2D eigenvalue weighted by Crippen LogP contribution is -2.19. The predicted molar refractivity (Wildman–Crippen MR) is 81.4 cm³/mol. The van der Waals surface area contributed by atoms with Gasteiger partial charge in [0.05, 0.1) is 10.7 Å². The molecular weight excluding hydrogens is 288 g/mol. The third-order valence-corrected chi connectivity index (χ3v) is 4.11. The van der Waals surface area contributed by atoms with Crippen LogP contribution in [0.5, 0.6) is 0 Å². The van der Waals surface area contributed by atoms with E-state index in [9.17, 15) is 0 Å². The van der Waals surface area contributed by atoms with Crippen LogP contribution in [0.25, 0.3) is 22.4 Å². The predicted octanol–water partition coefficient (Wildman–Crippen LogP) is 2.67. The van der Waals surface area contributed by atoms with Crippen LogP contribution in [0, 0.1) is 0 Å². The molecule has 6 nitrogen and oxygen atoms in total. The fourth-order valence-electron chi connectivity index (χ4n) is 2.71. The van der Waals surface area contributed by atoms with Gasteiger partial charge in [0, 0.05) is 37.2 Å². The monoisotopic (exact) mass is 300 g/mol. The van der Waals surface area contributed by atoms with Crippen LogP contribution in [0.3, 0.4) is 0 Å². The fourth-order valence-corrected chi connectivity index (χ4v) is 3.04. The highest BCUT2D eigenvalue weighted by Gasteiger charge is 2.20. The molecule has 0 bridgehead atoms. The largest absolute Gasteiger partial charge is 0.355 e. The van der Waals surface area contributed by atoms with E-state index in [1.54, 1.807) is 18.6 Å². The van der Waals surface area contributed by atoms with E-state index in [1.807, 2.05) is 6.07 Å². The molecule has 1 saturated heterocycles. The lowest BCUT2D eigenvalue weighted by molar-refractivity contribution is 0.938. The van der Waals surface area contributed by atoms with Crippen LogP contribution in [0.2, 0.25) is 5.02 Å². The highest BCUT2D eigenvalue weighted by molar-refractivity contribution is 6.36. The van der Waals surface area contributed by atoms with E-state index < -0.39 is 0 Å². The van der Waals surface area contributed by atoms with Gasteiger partial charge in [0.15, 0.2) is 5.65 Å². The highest BCUT2D eigenvalue weighted by atomic mass is 35.5. The molecule has 106 valence electrons. The normalized spacial score (nSPS) is 15.0. The molecule has 4 heterocycles. The number of nitrogens with one attached hydrogen (secondary N) is 1. The Bertz CT molecular complexity index is 793. The maximum absolute atomic E-state index is 6.58. The number of hydrogen-bond acceptors (Lipinski definition) is 5. The van der Waals surface area contributed by atoms with Crippen molar-refractivity contribution in [1.82, 2.24) is 25.1 Å². The first-order chi connectivity index (χ1) is 10.3. The lowest BCUT2D eigenvalue weighted by Gasteiger charge is -2.18. The SMILES string of the molecule is Clc1c(-c2[nH]nc3nccnc23)ccnc1N1CCCC1. The summed E-state index contributed by atoms with van der Waals surface area (Å²) in [7, 11) is 0. The van der Waals surface area contributed by atoms with E-state index in [2.05, 4.69) is 30.0 Å². The lowest BCUT2D eigenvalue weighted by atomic mass is 10.1. The fraction of sp³-hybridized carbons (Fsp3) is 0.286. The average Bonchev–Trinajstić information content (AvgIpc) is 3.17. The molecule has 4 rings (SSSR count). The van der Waals surface area contributed by atoms with Gasteiger partial charge in [-0.05, 0) is 18.9 Å². The zero-order valence-corrected chi connectivity index (χ0v) is 12.0. The Morgan fingerprint density at radius 2 is 1.86 bits per heavy atom. The Balaban J connectivity index is 1.87. The van der Waals surface area contributed by atoms with Gasteiger partial charge in [-0.3, -0.25) is 5.10 Å². The molecule has 0 spiro atoms. The maximum atomic E-state index is 6.58. The topological polar surface area (TPSA) is 70.6 Å². The van der Waals surface area contributed by atoms with Gasteiger partial charge in [-0.25, -0.2) is 15.0 Å². The second-order valence-electron chi connectivity index (χ2n) is 5.02. The van der Waals surface area contributed by atoms with E-state index in [0.29, 0.717) is 10.7 Å². The average molecular weight is 301 g/mol. The number of fused-ring (bicyclic) bond motifs is 1.